The van der Waals surface area contributed by atoms with Crippen LogP contribution in [0, 0.1) is 24.4 Å². The minimum absolute atomic E-state index is 0. The standard InChI is InChI=1S/C34H25N2.C20H28GeN.Ir/c1-34(2)29-13-7-6-12-27(29)28-22-25(18-21-30(28)34)33-35-31-14-8-9-15-32(31)36(33)26-19-16-24(17-20-26)23-10-4-3-5-11-23;1-15-8-10-16(11-9-15)19-12-17(13-20(2,3)4)18(14-22-19)21(5,6)7;/h3-17,19-22H,1-2H3;8-10,12,14H,13H2,1-7H3;/q2*-1;/i;1D3,8D,9D,13D2;. The molecule has 5 heteroatoms. The molecule has 0 aliphatic heterocycles. The molecule has 0 spiro atoms. The van der Waals surface area contributed by atoms with Gasteiger partial charge in [-0.3, -0.25) is 4.98 Å². The maximum Gasteiger partial charge on any atom is 0 e. The molecule has 0 N–H and O–H groups in total. The fourth-order valence-corrected chi connectivity index (χ4v) is 10.8. The van der Waals surface area contributed by atoms with Gasteiger partial charge in [-0.05, 0) is 51.9 Å². The van der Waals surface area contributed by atoms with Gasteiger partial charge >= 0.3 is 148 Å². The third-order valence-corrected chi connectivity index (χ3v) is 15.0. The van der Waals surface area contributed by atoms with Gasteiger partial charge in [0.05, 0.1) is 16.9 Å². The van der Waals surface area contributed by atoms with Crippen LogP contribution in [0.15, 0.2) is 146 Å². The van der Waals surface area contributed by atoms with Crippen LogP contribution in [-0.4, -0.2) is 27.8 Å². The van der Waals surface area contributed by atoms with Gasteiger partial charge in [-0.25, -0.2) is 0 Å². The molecule has 9 rings (SSSR count). The van der Waals surface area contributed by atoms with Gasteiger partial charge in [-0.1, -0.05) is 98.3 Å². The monoisotopic (exact) mass is 1020 g/mol. The predicted octanol–water partition coefficient (Wildman–Crippen LogP) is 13.5. The normalized spacial score (nSPS) is 15.1. The number of rotatable bonds is 6. The summed E-state index contributed by atoms with van der Waals surface area (Å²) in [6.45, 7) is 7.60. The van der Waals surface area contributed by atoms with Gasteiger partial charge in [0.2, 0.25) is 0 Å². The van der Waals surface area contributed by atoms with Crippen molar-refractivity contribution in [1.29, 1.82) is 0 Å². The van der Waals surface area contributed by atoms with E-state index >= 15 is 0 Å². The molecule has 2 aromatic heterocycles. The number of pyridine rings is 1. The van der Waals surface area contributed by atoms with Crippen LogP contribution in [0.1, 0.15) is 66.5 Å². The Kier molecular flexibility index (Phi) is 9.57. The number of imidazole rings is 1. The second-order valence-corrected chi connectivity index (χ2v) is 28.2. The van der Waals surface area contributed by atoms with Crippen LogP contribution in [0.4, 0.5) is 0 Å². The Balaban J connectivity index is 0.000000199. The average molecular weight is 1020 g/mol. The summed E-state index contributed by atoms with van der Waals surface area (Å²) in [4.78, 5) is 9.58. The quantitative estimate of drug-likeness (QED) is 0.123. The van der Waals surface area contributed by atoms with Crippen molar-refractivity contribution in [3.05, 3.63) is 180 Å². The summed E-state index contributed by atoms with van der Waals surface area (Å²) >= 11 is -2.46. The molecular formula is C54H53GeIrN3-2. The molecule has 0 unspecified atom stereocenters. The van der Waals surface area contributed by atoms with Crippen LogP contribution in [0.25, 0.3) is 61.6 Å². The van der Waals surface area contributed by atoms with Crippen molar-refractivity contribution in [3.8, 4) is 50.6 Å². The summed E-state index contributed by atoms with van der Waals surface area (Å²) in [5.74, 6) is 7.45. The van der Waals surface area contributed by atoms with E-state index in [2.05, 4.69) is 162 Å². The molecule has 0 saturated heterocycles. The molecular weight excluding hydrogens is 955 g/mol. The maximum atomic E-state index is 8.81. The third-order valence-electron chi connectivity index (χ3n) is 10.7. The molecule has 2 heterocycles. The first-order chi connectivity index (χ1) is 30.5. The number of hydrogen-bond donors (Lipinski definition) is 0. The van der Waals surface area contributed by atoms with Gasteiger partial charge in [0.1, 0.15) is 0 Å². The summed E-state index contributed by atoms with van der Waals surface area (Å²) in [7, 11) is 0. The van der Waals surface area contributed by atoms with Crippen LogP contribution in [0.2, 0.25) is 17.3 Å². The SMILES string of the molecule is CC1(C)c2c[c-]c(-c3nc4ccccc4n3-c3ccc(-c4ccccc4)cc3)cc2-c2ccccc21.[2H]c1[c-]c(-c2cc(C([2H])([2H])C(C)(C)C)[c]([Ge]([CH3])([CH3])[CH3])cn2)cc([2H])c1C([2H])([2H])[2H].[Ir]. The number of para-hydroxylation sites is 2. The maximum absolute atomic E-state index is 8.81. The van der Waals surface area contributed by atoms with Crippen molar-refractivity contribution in [2.75, 3.05) is 0 Å². The Hall–Kier alpha value is -4.87. The molecule has 299 valence electrons. The van der Waals surface area contributed by atoms with Crippen molar-refractivity contribution in [2.24, 2.45) is 5.41 Å². The number of hydrogen-bond acceptors (Lipinski definition) is 2. The summed E-state index contributed by atoms with van der Waals surface area (Å²) in [5.41, 5.74) is 12.1. The van der Waals surface area contributed by atoms with Gasteiger partial charge < -0.3 is 4.57 Å². The van der Waals surface area contributed by atoms with Crippen molar-refractivity contribution in [3.63, 3.8) is 0 Å². The first-order valence-electron chi connectivity index (χ1n) is 23.3. The smallest absolute Gasteiger partial charge is 0 e. The molecule has 8 aromatic rings. The molecule has 1 aliphatic rings. The first kappa shape index (κ1) is 33.9. The minimum Gasteiger partial charge on any atom is 0 e. The fraction of sp³-hybridized carbons (Fsp3) is 0.222. The van der Waals surface area contributed by atoms with Crippen LogP contribution in [0.3, 0.4) is 0 Å². The summed E-state index contributed by atoms with van der Waals surface area (Å²) in [6.07, 6.45) is 0.0950. The Labute approximate surface area is 377 Å². The van der Waals surface area contributed by atoms with Crippen molar-refractivity contribution >= 4 is 28.7 Å². The van der Waals surface area contributed by atoms with E-state index in [1.54, 1.807) is 12.3 Å². The van der Waals surface area contributed by atoms with Gasteiger partial charge in [-0.15, -0.1) is 29.3 Å². The van der Waals surface area contributed by atoms with E-state index in [0.717, 1.165) is 32.5 Å². The van der Waals surface area contributed by atoms with E-state index in [1.165, 1.54) is 39.4 Å². The second-order valence-electron chi connectivity index (χ2n) is 17.6. The van der Waals surface area contributed by atoms with Crippen molar-refractivity contribution in [2.45, 2.75) is 70.5 Å². The van der Waals surface area contributed by atoms with Gasteiger partial charge in [0.15, 0.2) is 0 Å². The number of nitrogens with zero attached hydrogens (tertiary/aromatic N) is 3. The zero-order valence-electron chi connectivity index (χ0n) is 41.9. The van der Waals surface area contributed by atoms with Crippen LogP contribution in [-0.2, 0) is 31.9 Å². The molecule has 0 saturated carbocycles. The average Bonchev–Trinajstić information content (AvgIpc) is 3.75. The number of fused-ring (bicyclic) bond motifs is 4. The molecule has 0 bridgehead atoms. The molecule has 1 radical (unpaired) electrons. The van der Waals surface area contributed by atoms with Crippen LogP contribution < -0.4 is 4.40 Å². The molecule has 0 fully saturated rings. The Morgan fingerprint density at radius 2 is 1.47 bits per heavy atom. The summed E-state index contributed by atoms with van der Waals surface area (Å²) in [6, 6.07) is 49.5. The van der Waals surface area contributed by atoms with E-state index in [4.69, 9.17) is 14.6 Å². The van der Waals surface area contributed by atoms with E-state index in [9.17, 15) is 0 Å². The number of benzene rings is 6. The second kappa shape index (κ2) is 16.6. The van der Waals surface area contributed by atoms with E-state index in [1.807, 2.05) is 26.8 Å². The molecule has 59 heavy (non-hydrogen) atoms. The van der Waals surface area contributed by atoms with Gasteiger partial charge in [0.25, 0.3) is 0 Å². The van der Waals surface area contributed by atoms with E-state index < -0.39 is 31.9 Å². The Morgan fingerprint density at radius 1 is 0.780 bits per heavy atom. The Bertz CT molecular complexity index is 3050. The third kappa shape index (κ3) is 8.73. The largest absolute Gasteiger partial charge is 0 e. The Morgan fingerprint density at radius 3 is 2.19 bits per heavy atom. The summed E-state index contributed by atoms with van der Waals surface area (Å²) in [5, 5.41) is 0. The van der Waals surface area contributed by atoms with Gasteiger partial charge in [-0.2, -0.15) is 0 Å². The molecule has 1 aliphatic carbocycles. The van der Waals surface area contributed by atoms with E-state index in [-0.39, 0.29) is 43.2 Å². The minimum atomic E-state index is -2.56. The van der Waals surface area contributed by atoms with Gasteiger partial charge in [0, 0.05) is 25.8 Å². The first-order valence-corrected chi connectivity index (χ1v) is 27.2. The zero-order valence-corrected chi connectivity index (χ0v) is 39.4. The summed E-state index contributed by atoms with van der Waals surface area (Å²) < 4.78 is 59.5. The molecule has 3 nitrogen and oxygen atoms in total. The predicted molar refractivity (Wildman–Crippen MR) is 248 cm³/mol. The topological polar surface area (TPSA) is 30.7 Å². The van der Waals surface area contributed by atoms with Crippen molar-refractivity contribution in [1.82, 2.24) is 14.5 Å². The van der Waals surface area contributed by atoms with E-state index in [0.29, 0.717) is 16.8 Å². The van der Waals surface area contributed by atoms with Crippen LogP contribution in [0.5, 0.6) is 0 Å². The fourth-order valence-electron chi connectivity index (χ4n) is 7.86. The molecule has 6 aromatic carbocycles. The molecule has 0 atom stereocenters. The van der Waals surface area contributed by atoms with Crippen molar-refractivity contribution < 1.29 is 29.7 Å². The van der Waals surface area contributed by atoms with Crippen LogP contribution >= 0.6 is 0 Å². The molecule has 0 amide bonds. The zero-order chi connectivity index (χ0) is 46.9. The number of aromatic nitrogens is 3.